The van der Waals surface area contributed by atoms with Crippen molar-refractivity contribution in [1.82, 2.24) is 4.98 Å². The molecule has 2 amide bonds. The minimum Gasteiger partial charge on any atom is -0.326 e. The van der Waals surface area contributed by atoms with Crippen molar-refractivity contribution in [1.29, 1.82) is 0 Å². The van der Waals surface area contributed by atoms with Crippen molar-refractivity contribution >= 4 is 51.4 Å². The molecule has 10 heteroatoms. The molecular weight excluding hydrogens is 556 g/mol. The standard InChI is InChI=1S/C31H24N4O4S2/c36-28(18-21-8-3-1-4-9-21)32-24-14-16-26(17-15-24)41-29(22-10-5-2-6-11-22)30(37)34-31-33-27(20-40-31)23-12-7-13-25(19-23)35(38)39/h1-17,19-20,29H,18H2,(H,32,36)(H,33,34,37). The lowest BCUT2D eigenvalue weighted by Crippen LogP contribution is -2.19. The molecule has 4 aromatic carbocycles. The molecule has 0 spiro atoms. The van der Waals surface area contributed by atoms with E-state index in [1.807, 2.05) is 84.9 Å². The minimum atomic E-state index is -0.570. The molecule has 1 aromatic heterocycles. The summed E-state index contributed by atoms with van der Waals surface area (Å²) in [6.07, 6.45) is 0.285. The first-order chi connectivity index (χ1) is 19.9. The Morgan fingerprint density at radius 2 is 1.59 bits per heavy atom. The molecule has 0 fully saturated rings. The molecule has 41 heavy (non-hydrogen) atoms. The molecule has 204 valence electrons. The molecule has 2 N–H and O–H groups in total. The Balaban J connectivity index is 1.27. The van der Waals surface area contributed by atoms with Crippen LogP contribution >= 0.6 is 23.1 Å². The van der Waals surface area contributed by atoms with Gasteiger partial charge in [-0.15, -0.1) is 23.1 Å². The van der Waals surface area contributed by atoms with Gasteiger partial charge in [0, 0.05) is 33.7 Å². The first kappa shape index (κ1) is 27.8. The van der Waals surface area contributed by atoms with Gasteiger partial charge in [-0.25, -0.2) is 4.98 Å². The number of benzene rings is 4. The minimum absolute atomic E-state index is 0.0246. The van der Waals surface area contributed by atoms with Gasteiger partial charge < -0.3 is 10.6 Å². The third-order valence-corrected chi connectivity index (χ3v) is 8.05. The summed E-state index contributed by atoms with van der Waals surface area (Å²) in [4.78, 5) is 41.9. The Bertz CT molecular complexity index is 1660. The smallest absolute Gasteiger partial charge is 0.270 e. The van der Waals surface area contributed by atoms with E-state index in [2.05, 4.69) is 15.6 Å². The highest BCUT2D eigenvalue weighted by Gasteiger charge is 2.23. The summed E-state index contributed by atoms with van der Waals surface area (Å²) >= 11 is 2.64. The van der Waals surface area contributed by atoms with Crippen LogP contribution in [-0.2, 0) is 16.0 Å². The molecule has 0 saturated carbocycles. The number of non-ortho nitro benzene ring substituents is 1. The van der Waals surface area contributed by atoms with E-state index in [0.717, 1.165) is 16.0 Å². The lowest BCUT2D eigenvalue weighted by Gasteiger charge is -2.16. The molecule has 0 bridgehead atoms. The topological polar surface area (TPSA) is 114 Å². The van der Waals surface area contributed by atoms with Gasteiger partial charge in [-0.1, -0.05) is 72.8 Å². The molecular formula is C31H24N4O4S2. The fourth-order valence-corrected chi connectivity index (χ4v) is 5.80. The van der Waals surface area contributed by atoms with Crippen molar-refractivity contribution in [2.24, 2.45) is 0 Å². The van der Waals surface area contributed by atoms with E-state index < -0.39 is 10.2 Å². The molecule has 0 aliphatic rings. The number of nitro benzene ring substituents is 1. The molecule has 0 saturated heterocycles. The number of hydrogen-bond acceptors (Lipinski definition) is 7. The molecule has 5 aromatic rings. The Hall–Kier alpha value is -4.80. The zero-order chi connectivity index (χ0) is 28.6. The lowest BCUT2D eigenvalue weighted by molar-refractivity contribution is -0.384. The molecule has 8 nitrogen and oxygen atoms in total. The van der Waals surface area contributed by atoms with Crippen molar-refractivity contribution in [2.75, 3.05) is 10.6 Å². The third-order valence-electron chi connectivity index (χ3n) is 6.03. The first-order valence-electron chi connectivity index (χ1n) is 12.6. The number of thiazole rings is 1. The van der Waals surface area contributed by atoms with Gasteiger partial charge in [0.15, 0.2) is 5.13 Å². The highest BCUT2D eigenvalue weighted by Crippen LogP contribution is 2.37. The molecule has 0 radical (unpaired) electrons. The fraction of sp³-hybridized carbons (Fsp3) is 0.0645. The zero-order valence-corrected chi connectivity index (χ0v) is 23.2. The number of aromatic nitrogens is 1. The van der Waals surface area contributed by atoms with E-state index in [1.54, 1.807) is 17.5 Å². The Morgan fingerprint density at radius 1 is 0.878 bits per heavy atom. The van der Waals surface area contributed by atoms with Crippen LogP contribution < -0.4 is 10.6 Å². The van der Waals surface area contributed by atoms with E-state index >= 15 is 0 Å². The van der Waals surface area contributed by atoms with Gasteiger partial charge in [0.25, 0.3) is 5.69 Å². The van der Waals surface area contributed by atoms with Crippen molar-refractivity contribution in [3.63, 3.8) is 0 Å². The van der Waals surface area contributed by atoms with Gasteiger partial charge in [-0.3, -0.25) is 19.7 Å². The predicted octanol–water partition coefficient (Wildman–Crippen LogP) is 7.37. The van der Waals surface area contributed by atoms with Crippen LogP contribution in [-0.4, -0.2) is 21.7 Å². The van der Waals surface area contributed by atoms with Crippen LogP contribution in [0.25, 0.3) is 11.3 Å². The summed E-state index contributed by atoms with van der Waals surface area (Å²) in [7, 11) is 0. The average Bonchev–Trinajstić information content (AvgIpc) is 3.46. The second-order valence-electron chi connectivity index (χ2n) is 8.98. The van der Waals surface area contributed by atoms with E-state index in [-0.39, 0.29) is 23.9 Å². The summed E-state index contributed by atoms with van der Waals surface area (Å²) in [6, 6.07) is 32.6. The average molecular weight is 581 g/mol. The van der Waals surface area contributed by atoms with Crippen LogP contribution in [0.1, 0.15) is 16.4 Å². The normalized spacial score (nSPS) is 11.4. The molecule has 0 aliphatic carbocycles. The summed E-state index contributed by atoms with van der Waals surface area (Å²) in [5.41, 5.74) is 3.55. The molecule has 5 rings (SSSR count). The number of carbonyl (C=O) groups is 2. The summed E-state index contributed by atoms with van der Waals surface area (Å²) < 4.78 is 0. The molecule has 1 unspecified atom stereocenters. The van der Waals surface area contributed by atoms with Crippen molar-refractivity contribution in [2.45, 2.75) is 16.6 Å². The largest absolute Gasteiger partial charge is 0.326 e. The van der Waals surface area contributed by atoms with Crippen LogP contribution in [0.15, 0.2) is 119 Å². The number of nitrogens with zero attached hydrogens (tertiary/aromatic N) is 2. The van der Waals surface area contributed by atoms with Gasteiger partial charge >= 0.3 is 0 Å². The van der Waals surface area contributed by atoms with Crippen LogP contribution in [0.3, 0.4) is 0 Å². The number of nitro groups is 1. The van der Waals surface area contributed by atoms with E-state index in [9.17, 15) is 19.7 Å². The molecule has 0 aliphatic heterocycles. The van der Waals surface area contributed by atoms with Crippen molar-refractivity contribution < 1.29 is 14.5 Å². The monoisotopic (exact) mass is 580 g/mol. The predicted molar refractivity (Wildman–Crippen MR) is 163 cm³/mol. The number of anilines is 2. The Morgan fingerprint density at radius 3 is 2.29 bits per heavy atom. The van der Waals surface area contributed by atoms with Crippen molar-refractivity contribution in [3.05, 3.63) is 136 Å². The van der Waals surface area contributed by atoms with Crippen molar-refractivity contribution in [3.8, 4) is 11.3 Å². The number of thioether (sulfide) groups is 1. The van der Waals surface area contributed by atoms with Gasteiger partial charge in [-0.2, -0.15) is 0 Å². The number of carbonyl (C=O) groups excluding carboxylic acids is 2. The SMILES string of the molecule is O=C(Cc1ccccc1)Nc1ccc(SC(C(=O)Nc2nc(-c3cccc([N+](=O)[O-])c3)cs2)c2ccccc2)cc1. The summed E-state index contributed by atoms with van der Waals surface area (Å²) in [5.74, 6) is -0.354. The number of amides is 2. The quantitative estimate of drug-likeness (QED) is 0.101. The summed E-state index contributed by atoms with van der Waals surface area (Å²) in [6.45, 7) is 0. The van der Waals surface area contributed by atoms with Crippen LogP contribution in [0.2, 0.25) is 0 Å². The maximum Gasteiger partial charge on any atom is 0.270 e. The maximum absolute atomic E-state index is 13.5. The van der Waals surface area contributed by atoms with E-state index in [4.69, 9.17) is 0 Å². The maximum atomic E-state index is 13.5. The second kappa shape index (κ2) is 13.0. The van der Waals surface area contributed by atoms with Gasteiger partial charge in [0.05, 0.1) is 17.0 Å². The van der Waals surface area contributed by atoms with Crippen LogP contribution in [0, 0.1) is 10.1 Å². The molecule has 1 heterocycles. The number of rotatable bonds is 10. The van der Waals surface area contributed by atoms with Crippen LogP contribution in [0.5, 0.6) is 0 Å². The highest BCUT2D eigenvalue weighted by molar-refractivity contribution is 8.00. The zero-order valence-electron chi connectivity index (χ0n) is 21.6. The fourth-order valence-electron chi connectivity index (χ4n) is 4.05. The Labute approximate surface area is 244 Å². The number of hydrogen-bond donors (Lipinski definition) is 2. The Kier molecular flexibility index (Phi) is 8.82. The molecule has 1 atom stereocenters. The van der Waals surface area contributed by atoms with E-state index in [1.165, 1.54) is 35.2 Å². The van der Waals surface area contributed by atoms with Gasteiger partial charge in [0.2, 0.25) is 11.8 Å². The lowest BCUT2D eigenvalue weighted by atomic mass is 10.1. The van der Waals surface area contributed by atoms with Gasteiger partial charge in [0.1, 0.15) is 5.25 Å². The van der Waals surface area contributed by atoms with Crippen LogP contribution in [0.4, 0.5) is 16.5 Å². The second-order valence-corrected chi connectivity index (χ2v) is 11.0. The van der Waals surface area contributed by atoms with E-state index in [0.29, 0.717) is 22.1 Å². The summed E-state index contributed by atoms with van der Waals surface area (Å²) in [5, 5.41) is 18.5. The highest BCUT2D eigenvalue weighted by atomic mass is 32.2. The first-order valence-corrected chi connectivity index (χ1v) is 14.4. The number of nitrogens with one attached hydrogen (secondary N) is 2. The third kappa shape index (κ3) is 7.44. The van der Waals surface area contributed by atoms with Gasteiger partial charge in [-0.05, 0) is 35.4 Å².